The predicted molar refractivity (Wildman–Crippen MR) is 128 cm³/mol. The smallest absolute Gasteiger partial charge is 0.461 e. The Morgan fingerprint density at radius 3 is 2.50 bits per heavy atom. The van der Waals surface area contributed by atoms with Gasteiger partial charge in [0, 0.05) is 17.2 Å². The number of benzene rings is 1. The summed E-state index contributed by atoms with van der Waals surface area (Å²) < 4.78 is 47.4. The number of rotatable bonds is 7. The number of fused-ring (bicyclic) bond motifs is 1. The lowest BCUT2D eigenvalue weighted by molar-refractivity contribution is -0.274. The highest BCUT2D eigenvalue weighted by atomic mass is 32.1. The minimum absolute atomic E-state index is 0.0692. The van der Waals surface area contributed by atoms with Crippen LogP contribution in [0.4, 0.5) is 18.2 Å². The molecule has 1 amide bonds. The molecule has 1 fully saturated rings. The fourth-order valence-electron chi connectivity index (χ4n) is 4.29. The third kappa shape index (κ3) is 5.86. The first kappa shape index (κ1) is 25.7. The summed E-state index contributed by atoms with van der Waals surface area (Å²) in [6.07, 6.45) is 0.781. The van der Waals surface area contributed by atoms with Crippen molar-refractivity contribution < 1.29 is 32.2 Å². The van der Waals surface area contributed by atoms with E-state index < -0.39 is 23.6 Å². The molecule has 4 rings (SSSR count). The van der Waals surface area contributed by atoms with Crippen molar-refractivity contribution >= 4 is 39.0 Å². The number of aromatic nitrogens is 2. The highest BCUT2D eigenvalue weighted by Gasteiger charge is 2.31. The van der Waals surface area contributed by atoms with E-state index in [1.807, 2.05) is 0 Å². The number of ether oxygens (including phenoxy) is 2. The van der Waals surface area contributed by atoms with E-state index in [4.69, 9.17) is 4.74 Å². The van der Waals surface area contributed by atoms with E-state index in [1.54, 1.807) is 12.3 Å². The average molecular weight is 524 g/mol. The van der Waals surface area contributed by atoms with Crippen molar-refractivity contribution in [1.29, 1.82) is 0 Å². The number of carbonyl (C=O) groups excluding carboxylic acids is 2. The normalized spacial score (nSPS) is 14.6. The Hall–Kier alpha value is -3.41. The molecule has 36 heavy (non-hydrogen) atoms. The monoisotopic (exact) mass is 523 g/mol. The maximum absolute atomic E-state index is 13.4. The molecule has 8 nitrogen and oxygen atoms in total. The van der Waals surface area contributed by atoms with Gasteiger partial charge in [-0.2, -0.15) is 9.78 Å². The van der Waals surface area contributed by atoms with Crippen molar-refractivity contribution in [1.82, 2.24) is 9.78 Å². The number of halogens is 3. The summed E-state index contributed by atoms with van der Waals surface area (Å²) in [5, 5.41) is 9.07. The number of hydrogen-bond donors (Lipinski definition) is 1. The third-order valence-electron chi connectivity index (χ3n) is 5.89. The number of nitrogens with one attached hydrogen (secondary N) is 1. The Morgan fingerprint density at radius 1 is 1.17 bits per heavy atom. The second-order valence-electron chi connectivity index (χ2n) is 8.44. The van der Waals surface area contributed by atoms with E-state index in [2.05, 4.69) is 15.2 Å². The molecule has 0 atom stereocenters. The summed E-state index contributed by atoms with van der Waals surface area (Å²) in [4.78, 5) is 38.8. The van der Waals surface area contributed by atoms with Crippen LogP contribution in [-0.2, 0) is 9.53 Å². The zero-order valence-corrected chi connectivity index (χ0v) is 20.2. The number of nitrogens with zero attached hydrogens (tertiary/aromatic N) is 2. The van der Waals surface area contributed by atoms with Gasteiger partial charge in [-0.1, -0.05) is 19.3 Å². The van der Waals surface area contributed by atoms with E-state index in [1.165, 1.54) is 18.6 Å². The Morgan fingerprint density at radius 2 is 1.86 bits per heavy atom. The van der Waals surface area contributed by atoms with Gasteiger partial charge >= 0.3 is 12.3 Å². The first-order valence-electron chi connectivity index (χ1n) is 11.5. The largest absolute Gasteiger partial charge is 0.573 e. The molecule has 1 aliphatic carbocycles. The molecule has 0 radical (unpaired) electrons. The van der Waals surface area contributed by atoms with Gasteiger partial charge in [0.25, 0.3) is 5.56 Å². The summed E-state index contributed by atoms with van der Waals surface area (Å²) in [7, 11) is 0. The molecule has 192 valence electrons. The molecule has 1 aromatic carbocycles. The first-order valence-corrected chi connectivity index (χ1v) is 12.4. The number of amides is 1. The molecule has 0 unspecified atom stereocenters. The van der Waals surface area contributed by atoms with Crippen LogP contribution in [0.3, 0.4) is 0 Å². The van der Waals surface area contributed by atoms with Gasteiger partial charge in [-0.3, -0.25) is 9.59 Å². The Kier molecular flexibility index (Phi) is 7.62. The van der Waals surface area contributed by atoms with Crippen LogP contribution in [0.1, 0.15) is 55.9 Å². The van der Waals surface area contributed by atoms with Crippen LogP contribution in [-0.4, -0.2) is 34.6 Å². The standard InChI is InChI=1S/C24H24F3N3O5S/c1-2-34-23(33)20-17-13-36-21(28-18(31)12-14-6-4-3-5-7-14)19(17)22(32)30(29-20)15-8-10-16(11-9-15)35-24(25,26)27/h8-11,13-14H,2-7,12H2,1H3,(H,28,31). The Labute approximate surface area is 208 Å². The molecular formula is C24H24F3N3O5S. The molecule has 2 heterocycles. The van der Waals surface area contributed by atoms with E-state index in [9.17, 15) is 27.6 Å². The molecule has 1 N–H and O–H groups in total. The molecule has 0 bridgehead atoms. The van der Waals surface area contributed by atoms with Gasteiger partial charge in [0.1, 0.15) is 10.8 Å². The summed E-state index contributed by atoms with van der Waals surface area (Å²) in [5.74, 6) is -1.18. The second kappa shape index (κ2) is 10.7. The van der Waals surface area contributed by atoms with Crippen LogP contribution in [0.5, 0.6) is 5.75 Å². The molecule has 3 aromatic rings. The van der Waals surface area contributed by atoms with Crippen LogP contribution in [0.15, 0.2) is 34.4 Å². The second-order valence-corrected chi connectivity index (χ2v) is 9.32. The minimum atomic E-state index is -4.87. The van der Waals surface area contributed by atoms with E-state index in [0.29, 0.717) is 6.42 Å². The quantitative estimate of drug-likeness (QED) is 0.415. The van der Waals surface area contributed by atoms with Crippen molar-refractivity contribution in [2.75, 3.05) is 11.9 Å². The van der Waals surface area contributed by atoms with Gasteiger partial charge in [-0.15, -0.1) is 24.5 Å². The lowest BCUT2D eigenvalue weighted by atomic mass is 9.87. The minimum Gasteiger partial charge on any atom is -0.461 e. The van der Waals surface area contributed by atoms with E-state index >= 15 is 0 Å². The third-order valence-corrected chi connectivity index (χ3v) is 6.78. The molecule has 0 spiro atoms. The predicted octanol–water partition coefficient (Wildman–Crippen LogP) is 5.43. The molecule has 1 saturated carbocycles. The van der Waals surface area contributed by atoms with E-state index in [0.717, 1.165) is 53.8 Å². The Balaban J connectivity index is 1.72. The lowest BCUT2D eigenvalue weighted by Crippen LogP contribution is -2.26. The number of hydrogen-bond acceptors (Lipinski definition) is 7. The highest BCUT2D eigenvalue weighted by Crippen LogP contribution is 2.32. The molecule has 12 heteroatoms. The van der Waals surface area contributed by atoms with Crippen molar-refractivity contribution in [3.63, 3.8) is 0 Å². The van der Waals surface area contributed by atoms with Gasteiger partial charge in [-0.05, 0) is 49.9 Å². The maximum atomic E-state index is 13.4. The summed E-state index contributed by atoms with van der Waals surface area (Å²) in [5.41, 5.74) is -0.685. The number of thiophene rings is 1. The maximum Gasteiger partial charge on any atom is 0.573 e. The van der Waals surface area contributed by atoms with Gasteiger partial charge in [0.2, 0.25) is 5.91 Å². The first-order chi connectivity index (χ1) is 17.2. The SMILES string of the molecule is CCOC(=O)c1nn(-c2ccc(OC(F)(F)F)cc2)c(=O)c2c(NC(=O)CC3CCCCC3)scc12. The lowest BCUT2D eigenvalue weighted by Gasteiger charge is -2.20. The fraction of sp³-hybridized carbons (Fsp3) is 0.417. The zero-order chi connectivity index (χ0) is 25.9. The van der Waals surface area contributed by atoms with Gasteiger partial charge < -0.3 is 14.8 Å². The Bertz CT molecular complexity index is 1310. The fourth-order valence-corrected chi connectivity index (χ4v) is 5.24. The van der Waals surface area contributed by atoms with Crippen LogP contribution >= 0.6 is 11.3 Å². The molecule has 2 aromatic heterocycles. The average Bonchev–Trinajstić information content (AvgIpc) is 3.23. The summed E-state index contributed by atoms with van der Waals surface area (Å²) in [6.45, 7) is 1.69. The van der Waals surface area contributed by atoms with E-state index in [-0.39, 0.29) is 45.6 Å². The van der Waals surface area contributed by atoms with Crippen LogP contribution in [0, 0.1) is 5.92 Å². The number of carbonyl (C=O) groups is 2. The van der Waals surface area contributed by atoms with Crippen LogP contribution < -0.4 is 15.6 Å². The van der Waals surface area contributed by atoms with Crippen LogP contribution in [0.25, 0.3) is 16.5 Å². The topological polar surface area (TPSA) is 99.5 Å². The molecule has 0 aliphatic heterocycles. The summed E-state index contributed by atoms with van der Waals surface area (Å²) >= 11 is 1.09. The van der Waals surface area contributed by atoms with Gasteiger partial charge in [0.05, 0.1) is 17.7 Å². The number of alkyl halides is 3. The van der Waals surface area contributed by atoms with Crippen LogP contribution in [0.2, 0.25) is 0 Å². The summed E-state index contributed by atoms with van der Waals surface area (Å²) in [6, 6.07) is 4.49. The van der Waals surface area contributed by atoms with Gasteiger partial charge in [-0.25, -0.2) is 4.79 Å². The number of anilines is 1. The molecule has 0 saturated heterocycles. The van der Waals surface area contributed by atoms with Crippen molar-refractivity contribution in [2.45, 2.75) is 51.8 Å². The zero-order valence-electron chi connectivity index (χ0n) is 19.4. The van der Waals surface area contributed by atoms with Crippen molar-refractivity contribution in [2.24, 2.45) is 5.92 Å². The molecule has 1 aliphatic rings. The van der Waals surface area contributed by atoms with Gasteiger partial charge in [0.15, 0.2) is 5.69 Å². The van der Waals surface area contributed by atoms with Crippen molar-refractivity contribution in [3.05, 3.63) is 45.7 Å². The number of esters is 1. The highest BCUT2D eigenvalue weighted by molar-refractivity contribution is 7.16. The molecular weight excluding hydrogens is 499 g/mol. The van der Waals surface area contributed by atoms with Crippen molar-refractivity contribution in [3.8, 4) is 11.4 Å².